The molecule has 3 heterocycles. The number of pyridine rings is 1. The third-order valence-corrected chi connectivity index (χ3v) is 5.57. The first kappa shape index (κ1) is 20.6. The minimum absolute atomic E-state index is 0.0683. The van der Waals surface area contributed by atoms with E-state index in [-0.39, 0.29) is 11.3 Å². The third-order valence-electron chi connectivity index (χ3n) is 5.57. The van der Waals surface area contributed by atoms with E-state index in [0.717, 1.165) is 0 Å². The molecule has 1 fully saturated rings. The Morgan fingerprint density at radius 1 is 1.03 bits per heavy atom. The largest absolute Gasteiger partial charge is 0.507 e. The summed E-state index contributed by atoms with van der Waals surface area (Å²) >= 11 is 0. The number of methoxy groups -OCH3 is 1. The summed E-state index contributed by atoms with van der Waals surface area (Å²) in [4.78, 5) is 32.2. The number of aliphatic hydroxyl groups excluding tert-OH is 1. The van der Waals surface area contributed by atoms with Crippen LogP contribution in [0.25, 0.3) is 5.76 Å². The van der Waals surface area contributed by atoms with Crippen LogP contribution in [0.15, 0.2) is 72.4 Å². The number of hydrogen-bond acceptors (Lipinski definition) is 7. The average molecular weight is 444 g/mol. The lowest BCUT2D eigenvalue weighted by atomic mass is 9.98. The Bertz CT molecular complexity index is 1270. The van der Waals surface area contributed by atoms with E-state index in [1.165, 1.54) is 12.0 Å². The first-order valence-electron chi connectivity index (χ1n) is 10.3. The van der Waals surface area contributed by atoms with Crippen LogP contribution in [-0.2, 0) is 9.59 Å². The van der Waals surface area contributed by atoms with Crippen LogP contribution in [0.3, 0.4) is 0 Å². The monoisotopic (exact) mass is 444 g/mol. The van der Waals surface area contributed by atoms with Crippen molar-refractivity contribution in [2.75, 3.05) is 25.2 Å². The Hall–Kier alpha value is -4.33. The summed E-state index contributed by atoms with van der Waals surface area (Å²) in [5.41, 5.74) is 1.10. The lowest BCUT2D eigenvalue weighted by molar-refractivity contribution is -0.132. The van der Waals surface area contributed by atoms with Gasteiger partial charge in [-0.3, -0.25) is 19.5 Å². The number of carbonyl (C=O) groups is 2. The van der Waals surface area contributed by atoms with E-state index in [0.29, 0.717) is 47.4 Å². The number of ketones is 1. The smallest absolute Gasteiger partial charge is 0.300 e. The van der Waals surface area contributed by atoms with Crippen LogP contribution in [0.4, 0.5) is 5.69 Å². The molecule has 0 radical (unpaired) electrons. The molecule has 0 bridgehead atoms. The number of amides is 1. The predicted molar refractivity (Wildman–Crippen MR) is 119 cm³/mol. The molecule has 2 aliphatic heterocycles. The Balaban J connectivity index is 1.70. The lowest BCUT2D eigenvalue weighted by Crippen LogP contribution is -2.30. The highest BCUT2D eigenvalue weighted by molar-refractivity contribution is 6.51. The zero-order chi connectivity index (χ0) is 22.9. The van der Waals surface area contributed by atoms with Crippen molar-refractivity contribution < 1.29 is 28.9 Å². The normalized spacial score (nSPS) is 18.9. The van der Waals surface area contributed by atoms with Crippen molar-refractivity contribution in [3.8, 4) is 17.2 Å². The van der Waals surface area contributed by atoms with Gasteiger partial charge in [0, 0.05) is 11.8 Å². The van der Waals surface area contributed by atoms with Gasteiger partial charge in [-0.05, 0) is 42.5 Å². The van der Waals surface area contributed by atoms with Crippen LogP contribution in [0, 0.1) is 0 Å². The molecule has 1 N–H and O–H groups in total. The van der Waals surface area contributed by atoms with Gasteiger partial charge < -0.3 is 19.3 Å². The molecule has 1 unspecified atom stereocenters. The number of aliphatic hydroxyl groups is 1. The Labute approximate surface area is 189 Å². The highest BCUT2D eigenvalue weighted by atomic mass is 16.6. The molecule has 1 atom stereocenters. The molecule has 5 rings (SSSR count). The number of hydrogen-bond donors (Lipinski definition) is 1. The third kappa shape index (κ3) is 3.45. The second kappa shape index (κ2) is 8.31. The lowest BCUT2D eigenvalue weighted by Gasteiger charge is -2.26. The zero-order valence-electron chi connectivity index (χ0n) is 17.7. The van der Waals surface area contributed by atoms with E-state index < -0.39 is 17.7 Å². The second-order valence-corrected chi connectivity index (χ2v) is 7.45. The fourth-order valence-electron chi connectivity index (χ4n) is 4.07. The number of aromatic nitrogens is 1. The van der Waals surface area contributed by atoms with Gasteiger partial charge in [-0.1, -0.05) is 18.2 Å². The number of fused-ring (bicyclic) bond motifs is 1. The zero-order valence-corrected chi connectivity index (χ0v) is 17.7. The topological polar surface area (TPSA) is 98.2 Å². The molecule has 0 spiro atoms. The van der Waals surface area contributed by atoms with Crippen molar-refractivity contribution in [3.05, 3.63) is 83.7 Å². The molecule has 0 saturated carbocycles. The van der Waals surface area contributed by atoms with Gasteiger partial charge in [-0.25, -0.2) is 0 Å². The van der Waals surface area contributed by atoms with Crippen LogP contribution in [0.2, 0.25) is 0 Å². The number of ether oxygens (including phenoxy) is 3. The van der Waals surface area contributed by atoms with Crippen LogP contribution in [-0.4, -0.2) is 42.1 Å². The fraction of sp³-hybridized carbons (Fsp3) is 0.160. The van der Waals surface area contributed by atoms with E-state index >= 15 is 0 Å². The molecule has 8 heteroatoms. The quantitative estimate of drug-likeness (QED) is 0.374. The summed E-state index contributed by atoms with van der Waals surface area (Å²) in [6.45, 7) is 0.811. The van der Waals surface area contributed by atoms with Crippen molar-refractivity contribution in [1.29, 1.82) is 0 Å². The maximum absolute atomic E-state index is 13.2. The van der Waals surface area contributed by atoms with Crippen molar-refractivity contribution in [2.24, 2.45) is 0 Å². The number of Topliss-reactive ketones (excluding diaryl/α,β-unsaturated/α-hetero) is 1. The van der Waals surface area contributed by atoms with Gasteiger partial charge in [0.05, 0.1) is 24.1 Å². The number of anilines is 1. The maximum Gasteiger partial charge on any atom is 0.300 e. The first-order valence-corrected chi connectivity index (χ1v) is 10.3. The summed E-state index contributed by atoms with van der Waals surface area (Å²) in [6, 6.07) is 16.0. The number of nitrogens with zero attached hydrogens (tertiary/aromatic N) is 2. The highest BCUT2D eigenvalue weighted by Crippen LogP contribution is 2.45. The number of rotatable bonds is 4. The Morgan fingerprint density at radius 2 is 1.79 bits per heavy atom. The van der Waals surface area contributed by atoms with Gasteiger partial charge in [0.25, 0.3) is 11.7 Å². The Morgan fingerprint density at radius 3 is 2.55 bits per heavy atom. The van der Waals surface area contributed by atoms with E-state index in [9.17, 15) is 14.7 Å². The van der Waals surface area contributed by atoms with Crippen molar-refractivity contribution in [3.63, 3.8) is 0 Å². The van der Waals surface area contributed by atoms with Gasteiger partial charge >= 0.3 is 0 Å². The molecule has 3 aromatic rings. The summed E-state index contributed by atoms with van der Waals surface area (Å²) in [5.74, 6) is -0.497. The van der Waals surface area contributed by atoms with Crippen LogP contribution < -0.4 is 19.1 Å². The van der Waals surface area contributed by atoms with E-state index in [1.54, 1.807) is 66.9 Å². The minimum Gasteiger partial charge on any atom is -0.507 e. The molecular formula is C25H20N2O6. The molecule has 2 aromatic carbocycles. The molecular weight excluding hydrogens is 424 g/mol. The van der Waals surface area contributed by atoms with E-state index in [4.69, 9.17) is 14.2 Å². The average Bonchev–Trinajstić information content (AvgIpc) is 3.13. The predicted octanol–water partition coefficient (Wildman–Crippen LogP) is 3.49. The van der Waals surface area contributed by atoms with Crippen LogP contribution in [0.5, 0.6) is 17.2 Å². The van der Waals surface area contributed by atoms with Crippen molar-refractivity contribution in [2.45, 2.75) is 6.04 Å². The van der Waals surface area contributed by atoms with E-state index in [2.05, 4.69) is 4.98 Å². The molecule has 166 valence electrons. The van der Waals surface area contributed by atoms with Crippen molar-refractivity contribution in [1.82, 2.24) is 4.98 Å². The summed E-state index contributed by atoms with van der Waals surface area (Å²) in [5, 5.41) is 11.3. The SMILES string of the molecule is COc1ccccc1N1C(=O)C(=O)/C(=C(\O)c2ccc3c(c2)OCCO3)C1c1ccccn1. The number of para-hydroxylation sites is 2. The van der Waals surface area contributed by atoms with Crippen molar-refractivity contribution >= 4 is 23.1 Å². The van der Waals surface area contributed by atoms with Gasteiger partial charge in [0.1, 0.15) is 30.8 Å². The van der Waals surface area contributed by atoms with E-state index in [1.807, 2.05) is 0 Å². The Kier molecular flexibility index (Phi) is 5.18. The van der Waals surface area contributed by atoms with Gasteiger partial charge in [-0.2, -0.15) is 0 Å². The summed E-state index contributed by atoms with van der Waals surface area (Å²) in [7, 11) is 1.49. The molecule has 0 aliphatic carbocycles. The first-order chi connectivity index (χ1) is 16.1. The highest BCUT2D eigenvalue weighted by Gasteiger charge is 2.48. The molecule has 1 aromatic heterocycles. The minimum atomic E-state index is -0.948. The van der Waals surface area contributed by atoms with Gasteiger partial charge in [0.2, 0.25) is 0 Å². The number of carbonyl (C=O) groups excluding carboxylic acids is 2. The maximum atomic E-state index is 13.2. The fourth-order valence-corrected chi connectivity index (χ4v) is 4.07. The molecule has 33 heavy (non-hydrogen) atoms. The van der Waals surface area contributed by atoms with Crippen LogP contribution >= 0.6 is 0 Å². The molecule has 2 aliphatic rings. The molecule has 1 amide bonds. The number of benzene rings is 2. The standard InChI is InChI=1S/C25H20N2O6/c1-31-18-8-3-2-7-17(18)27-22(16-6-4-5-11-26-16)21(24(29)25(27)30)23(28)15-9-10-19-20(14-15)33-13-12-32-19/h2-11,14,22,28H,12-13H2,1H3/b23-21-. The summed E-state index contributed by atoms with van der Waals surface area (Å²) < 4.78 is 16.6. The van der Waals surface area contributed by atoms with Gasteiger partial charge in [0.15, 0.2) is 11.5 Å². The summed E-state index contributed by atoms with van der Waals surface area (Å²) in [6.07, 6.45) is 1.57. The second-order valence-electron chi connectivity index (χ2n) is 7.45. The van der Waals surface area contributed by atoms with Crippen LogP contribution in [0.1, 0.15) is 17.3 Å². The van der Waals surface area contributed by atoms with Gasteiger partial charge in [-0.15, -0.1) is 0 Å². The molecule has 8 nitrogen and oxygen atoms in total. The molecule has 1 saturated heterocycles.